The fourth-order valence-electron chi connectivity index (χ4n) is 3.10. The number of carbonyl (C=O) groups is 1. The highest BCUT2D eigenvalue weighted by Gasteiger charge is 2.33. The van der Waals surface area contributed by atoms with Crippen molar-refractivity contribution in [2.75, 3.05) is 25.0 Å². The first-order chi connectivity index (χ1) is 12.2. The third-order valence-electron chi connectivity index (χ3n) is 4.50. The van der Waals surface area contributed by atoms with Crippen LogP contribution < -0.4 is 4.90 Å². The maximum Gasteiger partial charge on any atom is 0.417 e. The van der Waals surface area contributed by atoms with E-state index < -0.39 is 11.7 Å². The van der Waals surface area contributed by atoms with Crippen LogP contribution >= 0.6 is 0 Å². The van der Waals surface area contributed by atoms with Crippen molar-refractivity contribution in [3.05, 3.63) is 47.5 Å². The topological polar surface area (TPSA) is 49.6 Å². The summed E-state index contributed by atoms with van der Waals surface area (Å²) in [5, 5.41) is 0. The fourth-order valence-corrected chi connectivity index (χ4v) is 3.10. The minimum atomic E-state index is -4.40. The van der Waals surface area contributed by atoms with Gasteiger partial charge in [-0.2, -0.15) is 13.2 Å². The number of halogens is 3. The highest BCUT2D eigenvalue weighted by atomic mass is 19.4. The predicted molar refractivity (Wildman–Crippen MR) is 89.5 cm³/mol. The molecule has 140 valence electrons. The summed E-state index contributed by atoms with van der Waals surface area (Å²) in [6, 6.07) is 6.06. The maximum atomic E-state index is 12.6. The van der Waals surface area contributed by atoms with E-state index in [1.54, 1.807) is 11.9 Å². The number of alkyl halides is 3. The summed E-state index contributed by atoms with van der Waals surface area (Å²) in [4.78, 5) is 20.0. The van der Waals surface area contributed by atoms with Gasteiger partial charge in [0.05, 0.1) is 18.0 Å². The first kappa shape index (κ1) is 18.3. The zero-order chi connectivity index (χ0) is 18.9. The number of hydrogen-bond donors (Lipinski definition) is 0. The highest BCUT2D eigenvalue weighted by Crippen LogP contribution is 2.30. The van der Waals surface area contributed by atoms with Gasteiger partial charge in [-0.15, -0.1) is 0 Å². The zero-order valence-corrected chi connectivity index (χ0v) is 14.6. The predicted octanol–water partition coefficient (Wildman–Crippen LogP) is 3.49. The molecule has 0 radical (unpaired) electrons. The molecule has 0 saturated carbocycles. The van der Waals surface area contributed by atoms with E-state index in [0.29, 0.717) is 31.9 Å². The Bertz CT molecular complexity index is 771. The Morgan fingerprint density at radius 1 is 1.35 bits per heavy atom. The molecule has 2 aromatic heterocycles. The van der Waals surface area contributed by atoms with E-state index in [4.69, 9.17) is 4.42 Å². The van der Waals surface area contributed by atoms with Gasteiger partial charge in [0.15, 0.2) is 0 Å². The molecule has 0 unspecified atom stereocenters. The van der Waals surface area contributed by atoms with E-state index in [1.807, 2.05) is 24.0 Å². The number of nitrogens with zero attached hydrogens (tertiary/aromatic N) is 3. The van der Waals surface area contributed by atoms with Crippen LogP contribution in [0, 0.1) is 12.8 Å². The second kappa shape index (κ2) is 7.01. The van der Waals surface area contributed by atoms with Crippen molar-refractivity contribution in [1.82, 2.24) is 9.88 Å². The van der Waals surface area contributed by atoms with Gasteiger partial charge in [0, 0.05) is 26.3 Å². The molecule has 2 aromatic rings. The summed E-state index contributed by atoms with van der Waals surface area (Å²) in [5.41, 5.74) is -0.776. The number of amides is 1. The summed E-state index contributed by atoms with van der Waals surface area (Å²) >= 11 is 0. The minimum Gasteiger partial charge on any atom is -0.464 e. The lowest BCUT2D eigenvalue weighted by Gasteiger charge is -2.21. The molecular formula is C18H20F3N3O2. The van der Waals surface area contributed by atoms with Gasteiger partial charge in [0.2, 0.25) is 5.91 Å². The summed E-state index contributed by atoms with van der Waals surface area (Å²) in [5.74, 6) is 1.75. The van der Waals surface area contributed by atoms with Crippen LogP contribution in [-0.2, 0) is 17.5 Å². The normalized spacial score (nSPS) is 17.6. The smallest absolute Gasteiger partial charge is 0.417 e. The molecule has 1 aliphatic heterocycles. The van der Waals surface area contributed by atoms with Gasteiger partial charge in [-0.05, 0) is 37.6 Å². The van der Waals surface area contributed by atoms with Crippen LogP contribution in [0.5, 0.6) is 0 Å². The Hall–Kier alpha value is -2.51. The lowest BCUT2D eigenvalue weighted by Crippen LogP contribution is -2.34. The molecule has 3 rings (SSSR count). The molecule has 0 aromatic carbocycles. The first-order valence-corrected chi connectivity index (χ1v) is 8.32. The van der Waals surface area contributed by atoms with Crippen molar-refractivity contribution in [2.24, 2.45) is 5.92 Å². The van der Waals surface area contributed by atoms with Crippen molar-refractivity contribution in [2.45, 2.75) is 26.1 Å². The first-order valence-electron chi connectivity index (χ1n) is 8.32. The zero-order valence-electron chi connectivity index (χ0n) is 14.6. The summed E-state index contributed by atoms with van der Waals surface area (Å²) in [6.45, 7) is 3.26. The summed E-state index contributed by atoms with van der Waals surface area (Å²) < 4.78 is 43.4. The molecular weight excluding hydrogens is 347 g/mol. The van der Waals surface area contributed by atoms with Crippen molar-refractivity contribution in [3.8, 4) is 0 Å². The Balaban J connectivity index is 1.60. The van der Waals surface area contributed by atoms with Crippen LogP contribution in [-0.4, -0.2) is 35.9 Å². The molecule has 0 aliphatic carbocycles. The third kappa shape index (κ3) is 4.00. The number of rotatable bonds is 4. The Labute approximate surface area is 149 Å². The Morgan fingerprint density at radius 3 is 2.69 bits per heavy atom. The largest absolute Gasteiger partial charge is 0.464 e. The number of carbonyl (C=O) groups excluding carboxylic acids is 1. The van der Waals surface area contributed by atoms with Crippen LogP contribution in [0.4, 0.5) is 19.0 Å². The van der Waals surface area contributed by atoms with Crippen molar-refractivity contribution >= 4 is 11.7 Å². The number of hydrogen-bond acceptors (Lipinski definition) is 4. The molecule has 5 nitrogen and oxygen atoms in total. The van der Waals surface area contributed by atoms with Gasteiger partial charge in [-0.25, -0.2) is 4.98 Å². The van der Waals surface area contributed by atoms with Crippen LogP contribution in [0.3, 0.4) is 0 Å². The molecule has 3 heterocycles. The number of anilines is 1. The van der Waals surface area contributed by atoms with Gasteiger partial charge in [0.25, 0.3) is 0 Å². The molecule has 0 spiro atoms. The average molecular weight is 367 g/mol. The van der Waals surface area contributed by atoms with Gasteiger partial charge in [-0.1, -0.05) is 0 Å². The van der Waals surface area contributed by atoms with E-state index in [2.05, 4.69) is 4.98 Å². The van der Waals surface area contributed by atoms with E-state index in [9.17, 15) is 18.0 Å². The number of pyridine rings is 1. The third-order valence-corrected chi connectivity index (χ3v) is 4.50. The van der Waals surface area contributed by atoms with Gasteiger partial charge in [-0.3, -0.25) is 4.79 Å². The maximum absolute atomic E-state index is 12.6. The lowest BCUT2D eigenvalue weighted by atomic mass is 10.1. The Kier molecular flexibility index (Phi) is 4.93. The van der Waals surface area contributed by atoms with E-state index >= 15 is 0 Å². The van der Waals surface area contributed by atoms with Crippen molar-refractivity contribution in [1.29, 1.82) is 0 Å². The molecule has 1 amide bonds. The van der Waals surface area contributed by atoms with E-state index in [0.717, 1.165) is 23.8 Å². The summed E-state index contributed by atoms with van der Waals surface area (Å²) in [7, 11) is 1.72. The number of aryl methyl sites for hydroxylation is 1. The van der Waals surface area contributed by atoms with Crippen molar-refractivity contribution < 1.29 is 22.4 Å². The average Bonchev–Trinajstić information content (AvgIpc) is 3.23. The molecule has 1 saturated heterocycles. The minimum absolute atomic E-state index is 0.00605. The van der Waals surface area contributed by atoms with E-state index in [1.165, 1.54) is 6.07 Å². The Morgan fingerprint density at radius 2 is 2.12 bits per heavy atom. The molecule has 0 N–H and O–H groups in total. The molecule has 8 heteroatoms. The second-order valence-electron chi connectivity index (χ2n) is 6.54. The fraction of sp³-hybridized carbons (Fsp3) is 0.444. The standard InChI is InChI=1S/C18H20F3N3O2/c1-12-3-5-15(26-12)11-23(2)17(25)13-7-8-24(10-13)16-6-4-14(9-22-16)18(19,20)21/h3-6,9,13H,7-8,10-11H2,1-2H3/t13-/m1/s1. The van der Waals surface area contributed by atoms with Crippen LogP contribution in [0.15, 0.2) is 34.9 Å². The van der Waals surface area contributed by atoms with Crippen LogP contribution in [0.2, 0.25) is 0 Å². The van der Waals surface area contributed by atoms with E-state index in [-0.39, 0.29) is 11.8 Å². The lowest BCUT2D eigenvalue weighted by molar-refractivity contribution is -0.137. The van der Waals surface area contributed by atoms with Crippen LogP contribution in [0.25, 0.3) is 0 Å². The molecule has 0 bridgehead atoms. The monoisotopic (exact) mass is 367 g/mol. The highest BCUT2D eigenvalue weighted by molar-refractivity contribution is 5.80. The molecule has 1 atom stereocenters. The van der Waals surface area contributed by atoms with Gasteiger partial charge < -0.3 is 14.2 Å². The molecule has 1 fully saturated rings. The van der Waals surface area contributed by atoms with Crippen LogP contribution in [0.1, 0.15) is 23.5 Å². The molecule has 26 heavy (non-hydrogen) atoms. The molecule has 1 aliphatic rings. The van der Waals surface area contributed by atoms with Gasteiger partial charge >= 0.3 is 6.18 Å². The quantitative estimate of drug-likeness (QED) is 0.830. The van der Waals surface area contributed by atoms with Crippen molar-refractivity contribution in [3.63, 3.8) is 0 Å². The summed E-state index contributed by atoms with van der Waals surface area (Å²) in [6.07, 6.45) is -2.93. The number of furan rings is 1. The number of aromatic nitrogens is 1. The SMILES string of the molecule is Cc1ccc(CN(C)C(=O)[C@@H]2CCN(c3ccc(C(F)(F)F)cn3)C2)o1. The van der Waals surface area contributed by atoms with Gasteiger partial charge in [0.1, 0.15) is 17.3 Å². The second-order valence-corrected chi connectivity index (χ2v) is 6.54.